The Bertz CT molecular complexity index is 1150. The minimum Gasteiger partial charge on any atom is -0.493 e. The maximum atomic E-state index is 6.38. The number of methoxy groups -OCH3 is 2. The Hall–Kier alpha value is -2.95. The lowest BCUT2D eigenvalue weighted by molar-refractivity contribution is 0.269. The van der Waals surface area contributed by atoms with Crippen molar-refractivity contribution in [1.29, 1.82) is 0 Å². The number of pyridine rings is 1. The minimum atomic E-state index is 0.0900. The summed E-state index contributed by atoms with van der Waals surface area (Å²) >= 11 is 0. The topological polar surface area (TPSA) is 43.8 Å². The molecule has 0 radical (unpaired) electrons. The second-order valence-electron chi connectivity index (χ2n) is 10.7. The monoisotopic (exact) mass is 448 g/mol. The van der Waals surface area contributed by atoms with E-state index in [0.29, 0.717) is 11.5 Å². The average Bonchev–Trinajstić information content (AvgIpc) is 2.76. The van der Waals surface area contributed by atoms with Gasteiger partial charge in [-0.25, -0.2) is 0 Å². The summed E-state index contributed by atoms with van der Waals surface area (Å²) in [7, 11) is 3.26. The molecule has 1 aliphatic heterocycles. The third kappa shape index (κ3) is 4.87. The van der Waals surface area contributed by atoms with Crippen LogP contribution in [-0.4, -0.2) is 31.3 Å². The molecular weight excluding hydrogens is 412 g/mol. The summed E-state index contributed by atoms with van der Waals surface area (Å²) in [4.78, 5) is 7.06. The molecule has 0 spiro atoms. The van der Waals surface area contributed by atoms with Crippen LogP contribution in [0.1, 0.15) is 53.0 Å². The Morgan fingerprint density at radius 2 is 1.64 bits per heavy atom. The van der Waals surface area contributed by atoms with Gasteiger partial charge in [-0.05, 0) is 74.4 Å². The smallest absolute Gasteiger partial charge is 0.162 e. The van der Waals surface area contributed by atoms with Crippen LogP contribution in [0, 0.1) is 5.41 Å². The van der Waals surface area contributed by atoms with Crippen molar-refractivity contribution in [2.45, 2.75) is 59.4 Å². The molecule has 0 atom stereocenters. The molecule has 0 aliphatic carbocycles. The molecule has 0 saturated carbocycles. The van der Waals surface area contributed by atoms with Gasteiger partial charge in [0.05, 0.1) is 19.7 Å². The van der Waals surface area contributed by atoms with Crippen molar-refractivity contribution in [3.8, 4) is 23.0 Å². The highest BCUT2D eigenvalue weighted by Crippen LogP contribution is 2.41. The molecule has 5 heteroatoms. The van der Waals surface area contributed by atoms with Gasteiger partial charge in [0.15, 0.2) is 11.5 Å². The number of hydrogen-bond donors (Lipinski definition) is 0. The first kappa shape index (κ1) is 23.2. The van der Waals surface area contributed by atoms with Gasteiger partial charge in [-0.3, -0.25) is 4.98 Å². The Kier molecular flexibility index (Phi) is 6.17. The molecule has 1 aliphatic rings. The zero-order valence-electron chi connectivity index (χ0n) is 21.0. The van der Waals surface area contributed by atoms with Crippen molar-refractivity contribution in [2.24, 2.45) is 5.41 Å². The molecule has 33 heavy (non-hydrogen) atoms. The molecule has 0 saturated heterocycles. The summed E-state index contributed by atoms with van der Waals surface area (Å²) in [6, 6.07) is 12.2. The van der Waals surface area contributed by atoms with E-state index >= 15 is 0 Å². The van der Waals surface area contributed by atoms with Crippen molar-refractivity contribution in [1.82, 2.24) is 4.98 Å². The van der Waals surface area contributed by atoms with Gasteiger partial charge in [-0.15, -0.1) is 0 Å². The summed E-state index contributed by atoms with van der Waals surface area (Å²) in [5, 5.41) is 0.890. The first-order valence-electron chi connectivity index (χ1n) is 11.7. The van der Waals surface area contributed by atoms with Gasteiger partial charge < -0.3 is 19.1 Å². The van der Waals surface area contributed by atoms with Crippen molar-refractivity contribution in [3.05, 3.63) is 48.2 Å². The third-order valence-electron chi connectivity index (χ3n) is 6.30. The van der Waals surface area contributed by atoms with Crippen LogP contribution in [0.4, 0.5) is 5.69 Å². The lowest BCUT2D eigenvalue weighted by Gasteiger charge is -2.46. The van der Waals surface area contributed by atoms with Crippen molar-refractivity contribution in [2.75, 3.05) is 25.7 Å². The Labute approximate surface area is 197 Å². The summed E-state index contributed by atoms with van der Waals surface area (Å²) in [5.41, 5.74) is 3.84. The molecule has 2 aromatic carbocycles. The molecule has 5 nitrogen and oxygen atoms in total. The van der Waals surface area contributed by atoms with E-state index in [2.05, 4.69) is 62.7 Å². The standard InChI is InChI=1S/C28H36N2O3/c1-27(2,3)18-28(4,5)30-14-8-9-19-15-20(10-11-23(19)30)33-24-12-13-29-22-17-26(32-7)25(31-6)16-21(22)24/h10-13,15-17H,8-9,14,18H2,1-7H3. The van der Waals surface area contributed by atoms with E-state index in [4.69, 9.17) is 14.2 Å². The van der Waals surface area contributed by atoms with Gasteiger partial charge in [-0.1, -0.05) is 20.8 Å². The maximum Gasteiger partial charge on any atom is 0.162 e. The summed E-state index contributed by atoms with van der Waals surface area (Å²) in [6.45, 7) is 12.8. The molecule has 3 aromatic rings. The lowest BCUT2D eigenvalue weighted by Crippen LogP contribution is -2.48. The van der Waals surface area contributed by atoms with Crippen LogP contribution < -0.4 is 19.1 Å². The zero-order valence-corrected chi connectivity index (χ0v) is 21.0. The SMILES string of the molecule is COc1cc2nccc(Oc3ccc4c(c3)CCCN4C(C)(C)CC(C)(C)C)c2cc1OC. The van der Waals surface area contributed by atoms with E-state index in [-0.39, 0.29) is 11.0 Å². The van der Waals surface area contributed by atoms with Crippen LogP contribution in [0.3, 0.4) is 0 Å². The fourth-order valence-electron chi connectivity index (χ4n) is 5.32. The van der Waals surface area contributed by atoms with Crippen LogP contribution in [-0.2, 0) is 6.42 Å². The highest BCUT2D eigenvalue weighted by molar-refractivity contribution is 5.88. The van der Waals surface area contributed by atoms with Crippen molar-refractivity contribution >= 4 is 16.6 Å². The van der Waals surface area contributed by atoms with Crippen molar-refractivity contribution < 1.29 is 14.2 Å². The first-order chi connectivity index (χ1) is 15.6. The van der Waals surface area contributed by atoms with Crippen LogP contribution >= 0.6 is 0 Å². The predicted molar refractivity (Wildman–Crippen MR) is 135 cm³/mol. The molecule has 0 fully saturated rings. The number of rotatable bonds is 6. The molecule has 0 N–H and O–H groups in total. The molecule has 2 heterocycles. The van der Waals surface area contributed by atoms with Crippen LogP contribution in [0.2, 0.25) is 0 Å². The molecule has 0 bridgehead atoms. The van der Waals surface area contributed by atoms with Crippen LogP contribution in [0.5, 0.6) is 23.0 Å². The number of hydrogen-bond acceptors (Lipinski definition) is 5. The van der Waals surface area contributed by atoms with Gasteiger partial charge in [-0.2, -0.15) is 0 Å². The number of nitrogens with zero attached hydrogens (tertiary/aromatic N) is 2. The normalized spacial score (nSPS) is 14.2. The van der Waals surface area contributed by atoms with Gasteiger partial charge >= 0.3 is 0 Å². The minimum absolute atomic E-state index is 0.0900. The number of anilines is 1. The van der Waals surface area contributed by atoms with Crippen LogP contribution in [0.15, 0.2) is 42.6 Å². The Morgan fingerprint density at radius 1 is 0.909 bits per heavy atom. The average molecular weight is 449 g/mol. The van der Waals surface area contributed by atoms with Gasteiger partial charge in [0, 0.05) is 35.4 Å². The lowest BCUT2D eigenvalue weighted by atomic mass is 9.79. The van der Waals surface area contributed by atoms with Crippen molar-refractivity contribution in [3.63, 3.8) is 0 Å². The number of benzene rings is 2. The molecule has 4 rings (SSSR count). The Balaban J connectivity index is 1.66. The largest absolute Gasteiger partial charge is 0.493 e. The molecule has 0 amide bonds. The highest BCUT2D eigenvalue weighted by atomic mass is 16.5. The fourth-order valence-corrected chi connectivity index (χ4v) is 5.32. The van der Waals surface area contributed by atoms with Gasteiger partial charge in [0.25, 0.3) is 0 Å². The molecular formula is C28H36N2O3. The Morgan fingerprint density at radius 3 is 2.33 bits per heavy atom. The summed E-state index contributed by atoms with van der Waals surface area (Å²) < 4.78 is 17.3. The zero-order chi connectivity index (χ0) is 23.8. The maximum absolute atomic E-state index is 6.38. The number of aryl methyl sites for hydroxylation is 1. The van der Waals surface area contributed by atoms with Crippen LogP contribution in [0.25, 0.3) is 10.9 Å². The molecule has 176 valence electrons. The summed E-state index contributed by atoms with van der Waals surface area (Å²) in [5.74, 6) is 2.90. The summed E-state index contributed by atoms with van der Waals surface area (Å²) in [6.07, 6.45) is 5.11. The van der Waals surface area contributed by atoms with E-state index in [0.717, 1.165) is 48.2 Å². The number of aromatic nitrogens is 1. The van der Waals surface area contributed by atoms with E-state index in [9.17, 15) is 0 Å². The quantitative estimate of drug-likeness (QED) is 0.406. The highest BCUT2D eigenvalue weighted by Gasteiger charge is 2.34. The number of ether oxygens (including phenoxy) is 3. The van der Waals surface area contributed by atoms with E-state index < -0.39 is 0 Å². The van der Waals surface area contributed by atoms with E-state index in [1.54, 1.807) is 20.4 Å². The first-order valence-corrected chi connectivity index (χ1v) is 11.7. The van der Waals surface area contributed by atoms with E-state index in [1.807, 2.05) is 18.2 Å². The van der Waals surface area contributed by atoms with Gasteiger partial charge in [0.1, 0.15) is 11.5 Å². The predicted octanol–water partition coefficient (Wildman–Crippen LogP) is 7.01. The van der Waals surface area contributed by atoms with E-state index in [1.165, 1.54) is 11.3 Å². The second-order valence-corrected chi connectivity index (χ2v) is 10.7. The molecule has 0 unspecified atom stereocenters. The number of fused-ring (bicyclic) bond motifs is 2. The molecule has 1 aromatic heterocycles. The third-order valence-corrected chi connectivity index (χ3v) is 6.30. The fraction of sp³-hybridized carbons (Fsp3) is 0.464. The second kappa shape index (κ2) is 8.77. The van der Waals surface area contributed by atoms with Gasteiger partial charge in [0.2, 0.25) is 0 Å².